The van der Waals surface area contributed by atoms with Crippen LogP contribution in [0.2, 0.25) is 0 Å². The van der Waals surface area contributed by atoms with Crippen molar-refractivity contribution in [3.8, 4) is 0 Å². The molecule has 1 heterocycles. The minimum atomic E-state index is -1.13. The van der Waals surface area contributed by atoms with Crippen LogP contribution in [0.5, 0.6) is 0 Å². The molecule has 1 saturated heterocycles. The highest BCUT2D eigenvalue weighted by Crippen LogP contribution is 2.22. The van der Waals surface area contributed by atoms with Crippen molar-refractivity contribution < 1.29 is 27.9 Å². The molecular weight excluding hydrogens is 382 g/mol. The summed E-state index contributed by atoms with van der Waals surface area (Å²) in [6.07, 6.45) is 1.09. The summed E-state index contributed by atoms with van der Waals surface area (Å²) in [4.78, 5) is 39.7. The second-order valence-corrected chi connectivity index (χ2v) is 6.53. The van der Waals surface area contributed by atoms with Gasteiger partial charge in [-0.2, -0.15) is 0 Å². The second-order valence-electron chi connectivity index (χ2n) is 6.53. The summed E-state index contributed by atoms with van der Waals surface area (Å²) in [7, 11) is 0. The Balaban J connectivity index is 1.91. The van der Waals surface area contributed by atoms with E-state index in [0.717, 1.165) is 12.1 Å². The van der Waals surface area contributed by atoms with E-state index in [2.05, 4.69) is 0 Å². The maximum absolute atomic E-state index is 13.6. The highest BCUT2D eigenvalue weighted by Gasteiger charge is 2.27. The molecule has 2 aromatic rings. The van der Waals surface area contributed by atoms with Crippen molar-refractivity contribution in [2.24, 2.45) is 0 Å². The number of carbonyl (C=O) groups is 3. The van der Waals surface area contributed by atoms with Crippen molar-refractivity contribution >= 4 is 23.5 Å². The number of hydrogen-bond acceptors (Lipinski definition) is 4. The summed E-state index contributed by atoms with van der Waals surface area (Å²) in [5.74, 6) is -3.36. The van der Waals surface area contributed by atoms with Gasteiger partial charge in [0, 0.05) is 24.2 Å². The average Bonchev–Trinajstić information content (AvgIpc) is 3.12. The third-order valence-electron chi connectivity index (χ3n) is 4.59. The van der Waals surface area contributed by atoms with Crippen LogP contribution in [0.25, 0.3) is 0 Å². The summed E-state index contributed by atoms with van der Waals surface area (Å²) in [6, 6.07) is 8.99. The molecule has 0 N–H and O–H groups in total. The molecule has 1 aliphatic rings. The van der Waals surface area contributed by atoms with Gasteiger partial charge in [0.25, 0.3) is 5.91 Å². The molecule has 6 nitrogen and oxygen atoms in total. The predicted octanol–water partition coefficient (Wildman–Crippen LogP) is 3.37. The first kappa shape index (κ1) is 20.4. The molecule has 0 aromatic heterocycles. The molecule has 0 aliphatic carbocycles. The third kappa shape index (κ3) is 4.59. The number of halogens is 2. The van der Waals surface area contributed by atoms with E-state index in [1.54, 1.807) is 19.1 Å². The Bertz CT molecular complexity index is 931. The van der Waals surface area contributed by atoms with Gasteiger partial charge in [-0.05, 0) is 55.8 Å². The van der Waals surface area contributed by atoms with Crippen LogP contribution in [0.3, 0.4) is 0 Å². The van der Waals surface area contributed by atoms with Crippen LogP contribution < -0.4 is 4.90 Å². The minimum absolute atomic E-state index is 0.0323. The first-order valence-corrected chi connectivity index (χ1v) is 9.22. The van der Waals surface area contributed by atoms with E-state index in [9.17, 15) is 23.2 Å². The van der Waals surface area contributed by atoms with Crippen molar-refractivity contribution in [2.75, 3.05) is 24.7 Å². The van der Waals surface area contributed by atoms with Crippen LogP contribution >= 0.6 is 0 Å². The second kappa shape index (κ2) is 8.81. The minimum Gasteiger partial charge on any atom is -0.462 e. The Morgan fingerprint density at radius 2 is 1.76 bits per heavy atom. The number of esters is 1. The topological polar surface area (TPSA) is 66.9 Å². The maximum atomic E-state index is 13.6. The number of anilines is 1. The van der Waals surface area contributed by atoms with E-state index in [1.807, 2.05) is 0 Å². The van der Waals surface area contributed by atoms with E-state index in [0.29, 0.717) is 30.6 Å². The largest absolute Gasteiger partial charge is 0.462 e. The number of likely N-dealkylation sites (tertiary alicyclic amines) is 1. The smallest absolute Gasteiger partial charge is 0.338 e. The molecular formula is C21H20F2N2O4. The molecule has 152 valence electrons. The summed E-state index contributed by atoms with van der Waals surface area (Å²) in [6.45, 7) is 2.40. The summed E-state index contributed by atoms with van der Waals surface area (Å²) in [5.41, 5.74) is 0.672. The monoisotopic (exact) mass is 402 g/mol. The van der Waals surface area contributed by atoms with E-state index >= 15 is 0 Å². The highest BCUT2D eigenvalue weighted by molar-refractivity contribution is 6.06. The molecule has 3 rings (SSSR count). The van der Waals surface area contributed by atoms with Gasteiger partial charge in [-0.3, -0.25) is 14.5 Å². The van der Waals surface area contributed by atoms with Crippen molar-refractivity contribution in [2.45, 2.75) is 19.8 Å². The molecule has 2 amide bonds. The Kier molecular flexibility index (Phi) is 6.21. The third-order valence-corrected chi connectivity index (χ3v) is 4.59. The lowest BCUT2D eigenvalue weighted by atomic mass is 10.1. The van der Waals surface area contributed by atoms with Gasteiger partial charge in [0.15, 0.2) is 11.6 Å². The standard InChI is InChI=1S/C21H20F2N2O4/c1-2-29-21(28)14-5-8-16(9-6-14)25(13-24-11-3-4-19(24)26)20(27)15-7-10-17(22)18(23)12-15/h5-10,12H,2-4,11,13H2,1H3. The summed E-state index contributed by atoms with van der Waals surface area (Å²) >= 11 is 0. The number of hydrogen-bond donors (Lipinski definition) is 0. The Labute approximate surface area is 166 Å². The van der Waals surface area contributed by atoms with Crippen LogP contribution in [0.4, 0.5) is 14.5 Å². The van der Waals surface area contributed by atoms with E-state index in [4.69, 9.17) is 4.74 Å². The number of ether oxygens (including phenoxy) is 1. The molecule has 2 aromatic carbocycles. The SMILES string of the molecule is CCOC(=O)c1ccc(N(CN2CCCC2=O)C(=O)c2ccc(F)c(F)c2)cc1. The normalized spacial score (nSPS) is 13.5. The van der Waals surface area contributed by atoms with Crippen LogP contribution in [-0.4, -0.2) is 42.5 Å². The highest BCUT2D eigenvalue weighted by atomic mass is 19.2. The predicted molar refractivity (Wildman–Crippen MR) is 101 cm³/mol. The van der Waals surface area contributed by atoms with Gasteiger partial charge >= 0.3 is 5.97 Å². The Morgan fingerprint density at radius 1 is 1.07 bits per heavy atom. The molecule has 0 radical (unpaired) electrons. The molecule has 0 atom stereocenters. The van der Waals surface area contributed by atoms with Crippen LogP contribution in [-0.2, 0) is 9.53 Å². The van der Waals surface area contributed by atoms with E-state index in [1.165, 1.54) is 28.0 Å². The average molecular weight is 402 g/mol. The number of carbonyl (C=O) groups excluding carboxylic acids is 3. The van der Waals surface area contributed by atoms with Gasteiger partial charge in [0.05, 0.1) is 12.2 Å². The van der Waals surface area contributed by atoms with E-state index in [-0.39, 0.29) is 24.7 Å². The summed E-state index contributed by atoms with van der Waals surface area (Å²) in [5, 5.41) is 0. The van der Waals surface area contributed by atoms with Crippen LogP contribution in [0, 0.1) is 11.6 Å². The van der Waals surface area contributed by atoms with Gasteiger partial charge in [0.1, 0.15) is 6.67 Å². The first-order chi connectivity index (χ1) is 13.9. The molecule has 8 heteroatoms. The van der Waals surface area contributed by atoms with Crippen LogP contribution in [0.1, 0.15) is 40.5 Å². The van der Waals surface area contributed by atoms with Crippen molar-refractivity contribution in [1.82, 2.24) is 4.90 Å². The zero-order valence-electron chi connectivity index (χ0n) is 15.9. The maximum Gasteiger partial charge on any atom is 0.338 e. The van der Waals surface area contributed by atoms with Gasteiger partial charge in [-0.1, -0.05) is 0 Å². The Hall–Kier alpha value is -3.29. The lowest BCUT2D eigenvalue weighted by molar-refractivity contribution is -0.127. The first-order valence-electron chi connectivity index (χ1n) is 9.22. The van der Waals surface area contributed by atoms with Crippen molar-refractivity contribution in [3.63, 3.8) is 0 Å². The number of benzene rings is 2. The van der Waals surface area contributed by atoms with Gasteiger partial charge < -0.3 is 9.64 Å². The fraction of sp³-hybridized carbons (Fsp3) is 0.286. The lowest BCUT2D eigenvalue weighted by Crippen LogP contribution is -2.42. The van der Waals surface area contributed by atoms with Crippen LogP contribution in [0.15, 0.2) is 42.5 Å². The van der Waals surface area contributed by atoms with Gasteiger partial charge in [-0.25, -0.2) is 13.6 Å². The van der Waals surface area contributed by atoms with Crippen molar-refractivity contribution in [1.29, 1.82) is 0 Å². The number of nitrogens with zero attached hydrogens (tertiary/aromatic N) is 2. The molecule has 29 heavy (non-hydrogen) atoms. The molecule has 0 unspecified atom stereocenters. The zero-order chi connectivity index (χ0) is 21.0. The molecule has 0 bridgehead atoms. The molecule has 1 aliphatic heterocycles. The number of amides is 2. The lowest BCUT2D eigenvalue weighted by Gasteiger charge is -2.28. The molecule has 0 saturated carbocycles. The fourth-order valence-corrected chi connectivity index (χ4v) is 3.06. The fourth-order valence-electron chi connectivity index (χ4n) is 3.06. The zero-order valence-corrected chi connectivity index (χ0v) is 15.9. The molecule has 1 fully saturated rings. The summed E-state index contributed by atoms with van der Waals surface area (Å²) < 4.78 is 31.8. The number of rotatable bonds is 6. The van der Waals surface area contributed by atoms with Gasteiger partial charge in [0.2, 0.25) is 5.91 Å². The Morgan fingerprint density at radius 3 is 2.34 bits per heavy atom. The van der Waals surface area contributed by atoms with Crippen molar-refractivity contribution in [3.05, 3.63) is 65.2 Å². The molecule has 0 spiro atoms. The van der Waals surface area contributed by atoms with Gasteiger partial charge in [-0.15, -0.1) is 0 Å². The van der Waals surface area contributed by atoms with E-state index < -0.39 is 23.5 Å². The quantitative estimate of drug-likeness (QED) is 0.695.